The Bertz CT molecular complexity index is 3250. The van der Waals surface area contributed by atoms with Gasteiger partial charge in [-0.25, -0.2) is 0 Å². The van der Waals surface area contributed by atoms with Gasteiger partial charge in [-0.1, -0.05) is 200 Å². The largest absolute Gasteiger partial charge is 0.0622 e. The van der Waals surface area contributed by atoms with Crippen LogP contribution in [-0.2, 0) is 0 Å². The van der Waals surface area contributed by atoms with E-state index in [9.17, 15) is 0 Å². The van der Waals surface area contributed by atoms with Gasteiger partial charge in [-0.2, -0.15) is 0 Å². The van der Waals surface area contributed by atoms with Crippen LogP contribution < -0.4 is 0 Å². The van der Waals surface area contributed by atoms with Gasteiger partial charge in [0.05, 0.1) is 0 Å². The third kappa shape index (κ3) is 5.95. The van der Waals surface area contributed by atoms with Crippen molar-refractivity contribution in [2.75, 3.05) is 0 Å². The van der Waals surface area contributed by atoms with Gasteiger partial charge >= 0.3 is 0 Å². The molecule has 0 nitrogen and oxygen atoms in total. The molecule has 0 aliphatic rings. The summed E-state index contributed by atoms with van der Waals surface area (Å²) < 4.78 is 0. The number of benzene rings is 11. The Balaban J connectivity index is 1.13. The van der Waals surface area contributed by atoms with E-state index < -0.39 is 0 Å². The van der Waals surface area contributed by atoms with Gasteiger partial charge in [-0.3, -0.25) is 0 Å². The van der Waals surface area contributed by atoms with E-state index in [1.807, 2.05) is 0 Å². The van der Waals surface area contributed by atoms with E-state index in [0.29, 0.717) is 0 Å². The van der Waals surface area contributed by atoms with Crippen molar-refractivity contribution in [3.63, 3.8) is 0 Å². The fraction of sp³-hybridized carbons (Fsp3) is 0. The van der Waals surface area contributed by atoms with Crippen molar-refractivity contribution in [2.45, 2.75) is 0 Å². The first-order valence-corrected chi connectivity index (χ1v) is 20.1. The summed E-state index contributed by atoms with van der Waals surface area (Å²) in [7, 11) is 0. The second kappa shape index (κ2) is 14.2. The van der Waals surface area contributed by atoms with Gasteiger partial charge in [0.1, 0.15) is 0 Å². The number of fused-ring (bicyclic) bond motifs is 4. The van der Waals surface area contributed by atoms with Crippen LogP contribution in [0.25, 0.3) is 110 Å². The Morgan fingerprint density at radius 2 is 0.586 bits per heavy atom. The van der Waals surface area contributed by atoms with Crippen molar-refractivity contribution < 1.29 is 0 Å². The fourth-order valence-corrected chi connectivity index (χ4v) is 9.03. The van der Waals surface area contributed by atoms with E-state index in [1.165, 1.54) is 110 Å². The van der Waals surface area contributed by atoms with Crippen molar-refractivity contribution in [1.82, 2.24) is 0 Å². The minimum absolute atomic E-state index is 1.19. The molecule has 0 N–H and O–H groups in total. The molecule has 11 aromatic rings. The fourth-order valence-electron chi connectivity index (χ4n) is 9.03. The molecule has 0 atom stereocenters. The van der Waals surface area contributed by atoms with E-state index in [1.54, 1.807) is 0 Å². The molecule has 58 heavy (non-hydrogen) atoms. The molecule has 0 radical (unpaired) electrons. The van der Waals surface area contributed by atoms with Crippen LogP contribution >= 0.6 is 0 Å². The first-order chi connectivity index (χ1) is 28.7. The van der Waals surface area contributed by atoms with Gasteiger partial charge in [0.25, 0.3) is 0 Å². The van der Waals surface area contributed by atoms with Crippen LogP contribution in [0.1, 0.15) is 0 Å². The lowest BCUT2D eigenvalue weighted by molar-refractivity contribution is 1.58. The Kier molecular flexibility index (Phi) is 8.26. The van der Waals surface area contributed by atoms with E-state index in [0.717, 1.165) is 0 Å². The normalized spacial score (nSPS) is 11.4. The maximum absolute atomic E-state index is 2.42. The Morgan fingerprint density at radius 3 is 1.29 bits per heavy atom. The van der Waals surface area contributed by atoms with Crippen molar-refractivity contribution in [2.24, 2.45) is 0 Å². The molecular formula is C58H38. The maximum Gasteiger partial charge on any atom is -0.00259 e. The summed E-state index contributed by atoms with van der Waals surface area (Å²) in [5.74, 6) is 0. The molecule has 0 heterocycles. The van der Waals surface area contributed by atoms with E-state index in [-0.39, 0.29) is 0 Å². The third-order valence-electron chi connectivity index (χ3n) is 11.8. The zero-order valence-corrected chi connectivity index (χ0v) is 31.9. The van der Waals surface area contributed by atoms with Crippen molar-refractivity contribution in [3.8, 4) is 66.8 Å². The van der Waals surface area contributed by atoms with Crippen molar-refractivity contribution in [1.29, 1.82) is 0 Å². The monoisotopic (exact) mass is 734 g/mol. The molecule has 0 spiro atoms. The van der Waals surface area contributed by atoms with E-state index in [2.05, 4.69) is 231 Å². The first kappa shape index (κ1) is 33.8. The topological polar surface area (TPSA) is 0 Å². The Labute approximate surface area is 339 Å². The average Bonchev–Trinajstić information content (AvgIpc) is 3.30. The molecule has 0 fully saturated rings. The predicted molar refractivity (Wildman–Crippen MR) is 249 cm³/mol. The molecule has 0 aromatic heterocycles. The SMILES string of the molecule is c1ccc(-c2cccc(-c3cc(-c4cccc5ccccc45)cc(-c4c5ccccc5c(-c5ccc(-c6ccc7ccccc7c6)cc5)c5ccccc45)c3)c2)cc1. The standard InChI is InChI=1S/C58H38/c1-2-14-39(15-3-1)45-20-12-21-46(34-45)48-36-49(52-27-13-19-42-17-6-7-22-51(42)52)38-50(37-48)58-55-25-10-8-23-53(55)57(54-24-9-11-26-56(54)58)43-31-28-41(29-32-43)47-33-30-40-16-4-5-18-44(40)35-47/h1-38H. The summed E-state index contributed by atoms with van der Waals surface area (Å²) in [5.41, 5.74) is 14.6. The highest BCUT2D eigenvalue weighted by Crippen LogP contribution is 2.46. The van der Waals surface area contributed by atoms with Gasteiger partial charge < -0.3 is 0 Å². The smallest absolute Gasteiger partial charge is 0.00259 e. The van der Waals surface area contributed by atoms with Crippen LogP contribution in [0.5, 0.6) is 0 Å². The van der Waals surface area contributed by atoms with Crippen LogP contribution in [-0.4, -0.2) is 0 Å². The summed E-state index contributed by atoms with van der Waals surface area (Å²) in [5, 5.41) is 10.00. The van der Waals surface area contributed by atoms with Gasteiger partial charge in [-0.15, -0.1) is 0 Å². The molecule has 0 bridgehead atoms. The quantitative estimate of drug-likeness (QED) is 0.149. The van der Waals surface area contributed by atoms with Crippen LogP contribution in [0, 0.1) is 0 Å². The molecule has 11 rings (SSSR count). The number of hydrogen-bond acceptors (Lipinski definition) is 0. The summed E-state index contributed by atoms with van der Waals surface area (Å²) in [6.07, 6.45) is 0. The summed E-state index contributed by atoms with van der Waals surface area (Å²) in [6, 6.07) is 84.7. The third-order valence-corrected chi connectivity index (χ3v) is 11.8. The molecule has 11 aromatic carbocycles. The van der Waals surface area contributed by atoms with Gasteiger partial charge in [-0.05, 0) is 140 Å². The highest BCUT2D eigenvalue weighted by Gasteiger charge is 2.19. The molecule has 0 heteroatoms. The van der Waals surface area contributed by atoms with E-state index >= 15 is 0 Å². The molecule has 0 aliphatic carbocycles. The van der Waals surface area contributed by atoms with Crippen molar-refractivity contribution in [3.05, 3.63) is 231 Å². The van der Waals surface area contributed by atoms with Crippen LogP contribution in [0.4, 0.5) is 0 Å². The van der Waals surface area contributed by atoms with Gasteiger partial charge in [0, 0.05) is 0 Å². The minimum atomic E-state index is 1.19. The molecule has 0 unspecified atom stereocenters. The molecule has 0 aliphatic heterocycles. The second-order valence-corrected chi connectivity index (χ2v) is 15.3. The highest BCUT2D eigenvalue weighted by molar-refractivity contribution is 6.21. The minimum Gasteiger partial charge on any atom is -0.0622 e. The van der Waals surface area contributed by atoms with E-state index in [4.69, 9.17) is 0 Å². The molecule has 270 valence electrons. The Hall–Kier alpha value is -7.54. The second-order valence-electron chi connectivity index (χ2n) is 15.3. The number of hydrogen-bond donors (Lipinski definition) is 0. The van der Waals surface area contributed by atoms with Crippen LogP contribution in [0.15, 0.2) is 231 Å². The van der Waals surface area contributed by atoms with Crippen LogP contribution in [0.2, 0.25) is 0 Å². The van der Waals surface area contributed by atoms with Crippen molar-refractivity contribution >= 4 is 43.1 Å². The highest BCUT2D eigenvalue weighted by atomic mass is 14.2. The maximum atomic E-state index is 2.42. The average molecular weight is 735 g/mol. The molecule has 0 amide bonds. The summed E-state index contributed by atoms with van der Waals surface area (Å²) in [4.78, 5) is 0. The van der Waals surface area contributed by atoms with Gasteiger partial charge in [0.15, 0.2) is 0 Å². The summed E-state index contributed by atoms with van der Waals surface area (Å²) >= 11 is 0. The molecule has 0 saturated heterocycles. The number of rotatable bonds is 6. The van der Waals surface area contributed by atoms with Crippen LogP contribution in [0.3, 0.4) is 0 Å². The lowest BCUT2D eigenvalue weighted by Crippen LogP contribution is -1.93. The molecule has 0 saturated carbocycles. The molecular weight excluding hydrogens is 697 g/mol. The lowest BCUT2D eigenvalue weighted by Gasteiger charge is -2.20. The van der Waals surface area contributed by atoms with Gasteiger partial charge in [0.2, 0.25) is 0 Å². The summed E-state index contributed by atoms with van der Waals surface area (Å²) in [6.45, 7) is 0. The first-order valence-electron chi connectivity index (χ1n) is 20.1. The zero-order chi connectivity index (χ0) is 38.4. The Morgan fingerprint density at radius 1 is 0.172 bits per heavy atom. The zero-order valence-electron chi connectivity index (χ0n) is 31.9. The predicted octanol–water partition coefficient (Wildman–Crippen LogP) is 16.3. The lowest BCUT2D eigenvalue weighted by atomic mass is 9.84.